The lowest BCUT2D eigenvalue weighted by Crippen LogP contribution is -2.28. The third-order valence-electron chi connectivity index (χ3n) is 4.07. The predicted molar refractivity (Wildman–Crippen MR) is 108 cm³/mol. The fraction of sp³-hybridized carbons (Fsp3) is 0.143. The molecule has 5 nitrogen and oxygen atoms in total. The van der Waals surface area contributed by atoms with Gasteiger partial charge in [0.05, 0.1) is 17.8 Å². The monoisotopic (exact) mass is 381 g/mol. The molecule has 2 amide bonds. The maximum absolute atomic E-state index is 12.2. The van der Waals surface area contributed by atoms with Crippen LogP contribution >= 0.6 is 11.6 Å². The summed E-state index contributed by atoms with van der Waals surface area (Å²) in [6.45, 7) is 2.40. The van der Waals surface area contributed by atoms with Gasteiger partial charge in [0, 0.05) is 24.0 Å². The number of carbonyl (C=O) groups excluding carboxylic acids is 1. The zero-order valence-electron chi connectivity index (χ0n) is 15.1. The van der Waals surface area contributed by atoms with Gasteiger partial charge in [-0.3, -0.25) is 4.98 Å². The van der Waals surface area contributed by atoms with E-state index in [1.165, 1.54) is 5.56 Å². The van der Waals surface area contributed by atoms with Gasteiger partial charge < -0.3 is 15.4 Å². The Balaban J connectivity index is 1.67. The molecular weight excluding hydrogens is 362 g/mol. The number of methoxy groups -OCH3 is 1. The van der Waals surface area contributed by atoms with E-state index in [2.05, 4.69) is 15.6 Å². The Morgan fingerprint density at radius 1 is 1.15 bits per heavy atom. The highest BCUT2D eigenvalue weighted by Crippen LogP contribution is 2.27. The van der Waals surface area contributed by atoms with Crippen LogP contribution < -0.4 is 15.4 Å². The molecular formula is C21H20ClN3O2. The normalized spacial score (nSPS) is 10.3. The molecule has 3 aromatic rings. The summed E-state index contributed by atoms with van der Waals surface area (Å²) in [5, 5.41) is 6.05. The van der Waals surface area contributed by atoms with Gasteiger partial charge in [0.25, 0.3) is 0 Å². The van der Waals surface area contributed by atoms with Crippen LogP contribution in [0.3, 0.4) is 0 Å². The van der Waals surface area contributed by atoms with Crippen molar-refractivity contribution in [3.05, 3.63) is 76.9 Å². The second-order valence-electron chi connectivity index (χ2n) is 6.03. The number of hydrogen-bond donors (Lipinski definition) is 2. The molecule has 0 radical (unpaired) electrons. The number of nitrogens with one attached hydrogen (secondary N) is 2. The second kappa shape index (κ2) is 8.56. The molecule has 0 saturated heterocycles. The van der Waals surface area contributed by atoms with Crippen LogP contribution in [-0.4, -0.2) is 18.1 Å². The minimum atomic E-state index is -0.324. The molecule has 2 aromatic carbocycles. The van der Waals surface area contributed by atoms with Gasteiger partial charge in [-0.05, 0) is 36.8 Å². The Hall–Kier alpha value is -3.05. The fourth-order valence-corrected chi connectivity index (χ4v) is 2.91. The van der Waals surface area contributed by atoms with Crippen LogP contribution in [0.5, 0.6) is 5.75 Å². The molecule has 0 aliphatic heterocycles. The average Bonchev–Trinajstić information content (AvgIpc) is 2.67. The molecule has 0 aliphatic rings. The first-order valence-corrected chi connectivity index (χ1v) is 8.84. The fourth-order valence-electron chi connectivity index (χ4n) is 2.65. The van der Waals surface area contributed by atoms with E-state index in [-0.39, 0.29) is 6.03 Å². The summed E-state index contributed by atoms with van der Waals surface area (Å²) < 4.78 is 5.11. The van der Waals surface area contributed by atoms with E-state index < -0.39 is 0 Å². The minimum Gasteiger partial charge on any atom is -0.495 e. The summed E-state index contributed by atoms with van der Waals surface area (Å²) >= 11 is 6.08. The standard InChI is InChI=1S/C21H20ClN3O2/c1-14-5-7-15(8-6-14)20-16(4-3-11-23-20)13-24-21(26)25-17-9-10-19(27-2)18(22)12-17/h3-12H,13H2,1-2H3,(H2,24,25,26). The van der Waals surface area contributed by atoms with E-state index in [9.17, 15) is 4.79 Å². The molecule has 0 aliphatic carbocycles. The Morgan fingerprint density at radius 2 is 1.93 bits per heavy atom. The number of aromatic nitrogens is 1. The third kappa shape index (κ3) is 4.77. The largest absolute Gasteiger partial charge is 0.495 e. The molecule has 2 N–H and O–H groups in total. The molecule has 0 bridgehead atoms. The highest BCUT2D eigenvalue weighted by Gasteiger charge is 2.09. The van der Waals surface area contributed by atoms with Crippen LogP contribution in [0.2, 0.25) is 5.02 Å². The number of anilines is 1. The van der Waals surface area contributed by atoms with Gasteiger partial charge in [-0.15, -0.1) is 0 Å². The molecule has 0 saturated carbocycles. The minimum absolute atomic E-state index is 0.324. The Morgan fingerprint density at radius 3 is 2.63 bits per heavy atom. The van der Waals surface area contributed by atoms with Crippen molar-refractivity contribution in [3.63, 3.8) is 0 Å². The summed E-state index contributed by atoms with van der Waals surface area (Å²) in [6.07, 6.45) is 1.75. The summed E-state index contributed by atoms with van der Waals surface area (Å²) in [4.78, 5) is 16.7. The lowest BCUT2D eigenvalue weighted by molar-refractivity contribution is 0.251. The van der Waals surface area contributed by atoms with Crippen LogP contribution in [0, 0.1) is 6.92 Å². The molecule has 1 aromatic heterocycles. The number of aryl methyl sites for hydroxylation is 1. The summed E-state index contributed by atoms with van der Waals surface area (Å²) in [7, 11) is 1.54. The van der Waals surface area contributed by atoms with Crippen LogP contribution in [-0.2, 0) is 6.54 Å². The van der Waals surface area contributed by atoms with Crippen LogP contribution in [0.4, 0.5) is 10.5 Å². The Bertz CT molecular complexity index is 942. The van der Waals surface area contributed by atoms with Crippen molar-refractivity contribution in [1.29, 1.82) is 0 Å². The van der Waals surface area contributed by atoms with Gasteiger partial charge in [-0.25, -0.2) is 4.79 Å². The van der Waals surface area contributed by atoms with Crippen molar-refractivity contribution < 1.29 is 9.53 Å². The topological polar surface area (TPSA) is 63.2 Å². The number of rotatable bonds is 5. The lowest BCUT2D eigenvalue weighted by Gasteiger charge is -2.12. The quantitative estimate of drug-likeness (QED) is 0.650. The van der Waals surface area contributed by atoms with Gasteiger partial charge in [0.2, 0.25) is 0 Å². The Kier molecular flexibility index (Phi) is 5.94. The number of ether oxygens (including phenoxy) is 1. The van der Waals surface area contributed by atoms with E-state index in [4.69, 9.17) is 16.3 Å². The van der Waals surface area contributed by atoms with Crippen molar-refractivity contribution >= 4 is 23.3 Å². The lowest BCUT2D eigenvalue weighted by atomic mass is 10.0. The molecule has 6 heteroatoms. The first kappa shape index (κ1) is 18.7. The van der Waals surface area contributed by atoms with Crippen molar-refractivity contribution in [2.24, 2.45) is 0 Å². The first-order chi connectivity index (χ1) is 13.1. The van der Waals surface area contributed by atoms with Crippen molar-refractivity contribution in [1.82, 2.24) is 10.3 Å². The zero-order chi connectivity index (χ0) is 19.2. The van der Waals surface area contributed by atoms with Gasteiger partial charge in [0.15, 0.2) is 0 Å². The van der Waals surface area contributed by atoms with Gasteiger partial charge >= 0.3 is 6.03 Å². The van der Waals surface area contributed by atoms with E-state index in [0.29, 0.717) is 23.0 Å². The van der Waals surface area contributed by atoms with Crippen molar-refractivity contribution in [2.75, 3.05) is 12.4 Å². The third-order valence-corrected chi connectivity index (χ3v) is 4.36. The molecule has 0 fully saturated rings. The maximum atomic E-state index is 12.2. The van der Waals surface area contributed by atoms with Gasteiger partial charge in [-0.1, -0.05) is 47.5 Å². The van der Waals surface area contributed by atoms with E-state index in [0.717, 1.165) is 16.8 Å². The number of amides is 2. The first-order valence-electron chi connectivity index (χ1n) is 8.46. The summed E-state index contributed by atoms with van der Waals surface area (Å²) in [5.74, 6) is 0.556. The summed E-state index contributed by atoms with van der Waals surface area (Å²) in [6, 6.07) is 16.7. The Labute approximate surface area is 163 Å². The van der Waals surface area contributed by atoms with Gasteiger partial charge in [-0.2, -0.15) is 0 Å². The number of hydrogen-bond acceptors (Lipinski definition) is 3. The van der Waals surface area contributed by atoms with Crippen LogP contribution in [0.25, 0.3) is 11.3 Å². The number of urea groups is 1. The smallest absolute Gasteiger partial charge is 0.319 e. The number of carbonyl (C=O) groups is 1. The number of pyridine rings is 1. The highest BCUT2D eigenvalue weighted by molar-refractivity contribution is 6.32. The van der Waals surface area contributed by atoms with E-state index in [1.54, 1.807) is 31.5 Å². The van der Waals surface area contributed by atoms with Crippen LogP contribution in [0.1, 0.15) is 11.1 Å². The molecule has 1 heterocycles. The molecule has 27 heavy (non-hydrogen) atoms. The molecule has 3 rings (SSSR count). The van der Waals surface area contributed by atoms with Gasteiger partial charge in [0.1, 0.15) is 5.75 Å². The summed E-state index contributed by atoms with van der Waals surface area (Å²) in [5.41, 5.74) is 4.57. The van der Waals surface area contributed by atoms with Crippen molar-refractivity contribution in [3.8, 4) is 17.0 Å². The van der Waals surface area contributed by atoms with Crippen LogP contribution in [0.15, 0.2) is 60.8 Å². The van der Waals surface area contributed by atoms with E-state index in [1.807, 2.05) is 43.3 Å². The van der Waals surface area contributed by atoms with Crippen molar-refractivity contribution in [2.45, 2.75) is 13.5 Å². The number of nitrogens with zero attached hydrogens (tertiary/aromatic N) is 1. The highest BCUT2D eigenvalue weighted by atomic mass is 35.5. The SMILES string of the molecule is COc1ccc(NC(=O)NCc2cccnc2-c2ccc(C)cc2)cc1Cl. The van der Waals surface area contributed by atoms with E-state index >= 15 is 0 Å². The zero-order valence-corrected chi connectivity index (χ0v) is 15.9. The average molecular weight is 382 g/mol. The second-order valence-corrected chi connectivity index (χ2v) is 6.44. The predicted octanol–water partition coefficient (Wildman–Crippen LogP) is 5.04. The molecule has 0 unspecified atom stereocenters. The molecule has 0 spiro atoms. The molecule has 0 atom stereocenters. The molecule has 138 valence electrons. The number of halogens is 1. The maximum Gasteiger partial charge on any atom is 0.319 e. The number of benzene rings is 2.